The number of nitrogens with zero attached hydrogens (tertiary/aromatic N) is 2. The van der Waals surface area contributed by atoms with Crippen LogP contribution in [0.15, 0.2) is 29.2 Å². The van der Waals surface area contributed by atoms with Crippen LogP contribution in [0.2, 0.25) is 0 Å². The molecule has 0 radical (unpaired) electrons. The Hall–Kier alpha value is -1.90. The van der Waals surface area contributed by atoms with Gasteiger partial charge < -0.3 is 14.5 Å². The quantitative estimate of drug-likeness (QED) is 0.550. The predicted molar refractivity (Wildman–Crippen MR) is 115 cm³/mol. The van der Waals surface area contributed by atoms with Crippen molar-refractivity contribution in [1.29, 1.82) is 0 Å². The number of likely N-dealkylation sites (N-methyl/N-ethyl adjacent to an activating group) is 1. The van der Waals surface area contributed by atoms with Crippen LogP contribution in [-0.2, 0) is 9.59 Å². The maximum absolute atomic E-state index is 12.7. The van der Waals surface area contributed by atoms with E-state index in [0.717, 1.165) is 37.5 Å². The van der Waals surface area contributed by atoms with Gasteiger partial charge in [0.2, 0.25) is 5.91 Å². The van der Waals surface area contributed by atoms with Gasteiger partial charge in [-0.25, -0.2) is 0 Å². The molecule has 2 amide bonds. The zero-order valence-electron chi connectivity index (χ0n) is 16.3. The van der Waals surface area contributed by atoms with Crippen molar-refractivity contribution >= 4 is 46.2 Å². The summed E-state index contributed by atoms with van der Waals surface area (Å²) < 4.78 is 5.71. The summed E-state index contributed by atoms with van der Waals surface area (Å²) in [6.07, 6.45) is 2.92. The number of carbonyl (C=O) groups excluding carboxylic acids is 2. The van der Waals surface area contributed by atoms with E-state index in [1.807, 2.05) is 35.2 Å². The third-order valence-corrected chi connectivity index (χ3v) is 6.41. The Morgan fingerprint density at radius 3 is 2.61 bits per heavy atom. The standard InChI is InChI=1S/C20H25N3O3S2/c1-21-10-12-22(13-11-21)18(24)4-3-9-23-19(25)17(28-20(23)27)14-15-5-7-16(26-2)8-6-15/h5-8,14H,3-4,9-13H2,1-2H3/p+1/b17-14-. The maximum Gasteiger partial charge on any atom is 0.266 e. The van der Waals surface area contributed by atoms with Gasteiger partial charge in [-0.15, -0.1) is 0 Å². The highest BCUT2D eigenvalue weighted by Crippen LogP contribution is 2.33. The van der Waals surface area contributed by atoms with Gasteiger partial charge in [-0.3, -0.25) is 14.5 Å². The van der Waals surface area contributed by atoms with Gasteiger partial charge in [-0.2, -0.15) is 0 Å². The van der Waals surface area contributed by atoms with Gasteiger partial charge in [0.15, 0.2) is 0 Å². The van der Waals surface area contributed by atoms with E-state index in [4.69, 9.17) is 17.0 Å². The zero-order chi connectivity index (χ0) is 20.1. The van der Waals surface area contributed by atoms with Crippen molar-refractivity contribution < 1.29 is 19.2 Å². The molecule has 0 aliphatic carbocycles. The summed E-state index contributed by atoms with van der Waals surface area (Å²) in [6.45, 7) is 4.11. The summed E-state index contributed by atoms with van der Waals surface area (Å²) in [5, 5.41) is 0. The van der Waals surface area contributed by atoms with E-state index in [0.29, 0.717) is 28.6 Å². The van der Waals surface area contributed by atoms with Gasteiger partial charge in [0.05, 0.1) is 45.2 Å². The minimum Gasteiger partial charge on any atom is -0.497 e. The van der Waals surface area contributed by atoms with E-state index in [2.05, 4.69) is 7.05 Å². The number of methoxy groups -OCH3 is 1. The molecule has 2 saturated heterocycles. The largest absolute Gasteiger partial charge is 0.497 e. The summed E-state index contributed by atoms with van der Waals surface area (Å²) in [6, 6.07) is 7.53. The molecule has 0 atom stereocenters. The molecule has 2 aliphatic heterocycles. The van der Waals surface area contributed by atoms with Gasteiger partial charge in [0, 0.05) is 13.0 Å². The number of thioether (sulfide) groups is 1. The molecular weight excluding hydrogens is 394 g/mol. The third kappa shape index (κ3) is 5.12. The molecule has 3 rings (SSSR count). The molecule has 2 heterocycles. The first kappa shape index (κ1) is 20.8. The predicted octanol–water partition coefficient (Wildman–Crippen LogP) is 1.03. The molecule has 1 N–H and O–H groups in total. The molecule has 0 aromatic heterocycles. The molecule has 0 spiro atoms. The number of nitrogens with one attached hydrogen (secondary N) is 1. The topological polar surface area (TPSA) is 54.3 Å². The van der Waals surface area contributed by atoms with Crippen LogP contribution in [0, 0.1) is 0 Å². The van der Waals surface area contributed by atoms with E-state index < -0.39 is 0 Å². The highest BCUT2D eigenvalue weighted by Gasteiger charge is 2.32. The Morgan fingerprint density at radius 1 is 1.29 bits per heavy atom. The number of rotatable bonds is 6. The summed E-state index contributed by atoms with van der Waals surface area (Å²) in [7, 11) is 3.77. The number of ether oxygens (including phenoxy) is 1. The number of carbonyl (C=O) groups is 2. The lowest BCUT2D eigenvalue weighted by molar-refractivity contribution is -0.883. The Balaban J connectivity index is 1.52. The molecular formula is C20H26N3O3S2+. The second-order valence-electron chi connectivity index (χ2n) is 7.05. The van der Waals surface area contributed by atoms with Crippen LogP contribution in [0.1, 0.15) is 18.4 Å². The molecule has 8 heteroatoms. The van der Waals surface area contributed by atoms with Gasteiger partial charge in [0.1, 0.15) is 10.1 Å². The molecule has 150 valence electrons. The van der Waals surface area contributed by atoms with Crippen LogP contribution in [0.25, 0.3) is 6.08 Å². The Morgan fingerprint density at radius 2 is 1.96 bits per heavy atom. The molecule has 2 fully saturated rings. The molecule has 1 aromatic rings. The average Bonchev–Trinajstić information content (AvgIpc) is 2.96. The summed E-state index contributed by atoms with van der Waals surface area (Å²) >= 11 is 6.69. The zero-order valence-corrected chi connectivity index (χ0v) is 17.9. The average molecular weight is 421 g/mol. The fourth-order valence-corrected chi connectivity index (χ4v) is 4.54. The lowest BCUT2D eigenvalue weighted by Gasteiger charge is -2.30. The van der Waals surface area contributed by atoms with Crippen molar-refractivity contribution in [2.24, 2.45) is 0 Å². The fraction of sp³-hybridized carbons (Fsp3) is 0.450. The van der Waals surface area contributed by atoms with Crippen LogP contribution >= 0.6 is 24.0 Å². The first-order valence-corrected chi connectivity index (χ1v) is 10.7. The fourth-order valence-electron chi connectivity index (χ4n) is 3.23. The van der Waals surface area contributed by atoms with Crippen LogP contribution in [0.4, 0.5) is 0 Å². The van der Waals surface area contributed by atoms with E-state index in [9.17, 15) is 9.59 Å². The van der Waals surface area contributed by atoms with Crippen LogP contribution < -0.4 is 9.64 Å². The van der Waals surface area contributed by atoms with Gasteiger partial charge in [-0.05, 0) is 30.2 Å². The van der Waals surface area contributed by atoms with E-state index in [1.165, 1.54) is 16.7 Å². The number of piperazine rings is 1. The van der Waals surface area contributed by atoms with Crippen molar-refractivity contribution in [2.75, 3.05) is 46.9 Å². The van der Waals surface area contributed by atoms with Crippen LogP contribution in [0.5, 0.6) is 5.75 Å². The summed E-state index contributed by atoms with van der Waals surface area (Å²) in [5.41, 5.74) is 0.925. The molecule has 28 heavy (non-hydrogen) atoms. The first-order valence-electron chi connectivity index (χ1n) is 9.46. The number of amides is 2. The van der Waals surface area contributed by atoms with Crippen molar-refractivity contribution in [3.8, 4) is 5.75 Å². The number of hydrogen-bond acceptors (Lipinski definition) is 5. The first-order chi connectivity index (χ1) is 13.5. The molecule has 0 bridgehead atoms. The third-order valence-electron chi connectivity index (χ3n) is 5.03. The minimum atomic E-state index is -0.0820. The van der Waals surface area contributed by atoms with Crippen LogP contribution in [0.3, 0.4) is 0 Å². The highest BCUT2D eigenvalue weighted by molar-refractivity contribution is 8.26. The molecule has 1 aromatic carbocycles. The van der Waals surface area contributed by atoms with E-state index in [-0.39, 0.29) is 11.8 Å². The van der Waals surface area contributed by atoms with E-state index >= 15 is 0 Å². The van der Waals surface area contributed by atoms with Crippen molar-refractivity contribution in [2.45, 2.75) is 12.8 Å². The van der Waals surface area contributed by atoms with Gasteiger partial charge in [-0.1, -0.05) is 36.1 Å². The van der Waals surface area contributed by atoms with Gasteiger partial charge in [0.25, 0.3) is 5.91 Å². The Labute approximate surface area is 175 Å². The number of hydrogen-bond donors (Lipinski definition) is 1. The number of thiocarbonyl (C=S) groups is 1. The normalized spacial score (nSPS) is 19.6. The molecule has 0 unspecified atom stereocenters. The minimum absolute atomic E-state index is 0.0820. The van der Waals surface area contributed by atoms with Crippen molar-refractivity contribution in [3.63, 3.8) is 0 Å². The summed E-state index contributed by atoms with van der Waals surface area (Å²) in [4.78, 5) is 30.7. The number of benzene rings is 1. The molecule has 0 saturated carbocycles. The van der Waals surface area contributed by atoms with Gasteiger partial charge >= 0.3 is 0 Å². The van der Waals surface area contributed by atoms with Crippen molar-refractivity contribution in [1.82, 2.24) is 9.80 Å². The van der Waals surface area contributed by atoms with Crippen molar-refractivity contribution in [3.05, 3.63) is 34.7 Å². The maximum atomic E-state index is 12.7. The smallest absolute Gasteiger partial charge is 0.266 e. The Kier molecular flexibility index (Phi) is 7.09. The highest BCUT2D eigenvalue weighted by atomic mass is 32.2. The summed E-state index contributed by atoms with van der Waals surface area (Å²) in [5.74, 6) is 0.865. The monoisotopic (exact) mass is 420 g/mol. The Bertz CT molecular complexity index is 771. The van der Waals surface area contributed by atoms with Crippen LogP contribution in [-0.4, -0.2) is 72.8 Å². The lowest BCUT2D eigenvalue weighted by atomic mass is 10.2. The number of quaternary nitrogens is 1. The molecule has 6 nitrogen and oxygen atoms in total. The molecule has 2 aliphatic rings. The van der Waals surface area contributed by atoms with E-state index in [1.54, 1.807) is 12.0 Å². The SMILES string of the molecule is COc1ccc(/C=C2\SC(=S)N(CCCC(=O)N3CC[NH+](C)CC3)C2=O)cc1. The second-order valence-corrected chi connectivity index (χ2v) is 8.72. The second kappa shape index (κ2) is 9.54. The lowest BCUT2D eigenvalue weighted by Crippen LogP contribution is -3.12.